The highest BCUT2D eigenvalue weighted by molar-refractivity contribution is 4.83. The number of hydrogen-bond acceptors (Lipinski definition) is 2. The van der Waals surface area contributed by atoms with Crippen LogP contribution in [0.15, 0.2) is 0 Å². The zero-order valence-electron chi connectivity index (χ0n) is 12.5. The molecule has 0 aromatic carbocycles. The van der Waals surface area contributed by atoms with Crippen molar-refractivity contribution in [1.82, 2.24) is 10.2 Å². The lowest BCUT2D eigenvalue weighted by Gasteiger charge is -2.25. The van der Waals surface area contributed by atoms with Crippen LogP contribution >= 0.6 is 0 Å². The van der Waals surface area contributed by atoms with Crippen molar-refractivity contribution in [2.24, 2.45) is 11.8 Å². The molecule has 0 spiro atoms. The molecule has 2 saturated carbocycles. The Morgan fingerprint density at radius 1 is 1.06 bits per heavy atom. The van der Waals surface area contributed by atoms with Gasteiger partial charge in [-0.15, -0.1) is 0 Å². The van der Waals surface area contributed by atoms with Gasteiger partial charge in [0.2, 0.25) is 0 Å². The van der Waals surface area contributed by atoms with Gasteiger partial charge in [0.1, 0.15) is 0 Å². The summed E-state index contributed by atoms with van der Waals surface area (Å²) in [5.74, 6) is 1.94. The van der Waals surface area contributed by atoms with Gasteiger partial charge in [-0.2, -0.15) is 0 Å². The molecule has 0 aliphatic heterocycles. The maximum atomic E-state index is 3.67. The summed E-state index contributed by atoms with van der Waals surface area (Å²) in [6.45, 7) is 6.03. The van der Waals surface area contributed by atoms with Crippen molar-refractivity contribution >= 4 is 0 Å². The second-order valence-corrected chi connectivity index (χ2v) is 6.56. The van der Waals surface area contributed by atoms with E-state index >= 15 is 0 Å². The number of nitrogens with one attached hydrogen (secondary N) is 1. The predicted octanol–water partition coefficient (Wildman–Crippen LogP) is 3.28. The van der Waals surface area contributed by atoms with E-state index < -0.39 is 0 Å². The van der Waals surface area contributed by atoms with E-state index in [-0.39, 0.29) is 0 Å². The molecule has 2 heteroatoms. The van der Waals surface area contributed by atoms with Crippen LogP contribution in [0.1, 0.15) is 58.3 Å². The van der Waals surface area contributed by atoms with E-state index in [1.807, 2.05) is 0 Å². The molecule has 0 amide bonds. The fourth-order valence-corrected chi connectivity index (χ4v) is 4.02. The van der Waals surface area contributed by atoms with Crippen LogP contribution in [-0.2, 0) is 0 Å². The summed E-state index contributed by atoms with van der Waals surface area (Å²) in [6, 6.07) is 0.815. The van der Waals surface area contributed by atoms with Crippen LogP contribution in [0.2, 0.25) is 0 Å². The van der Waals surface area contributed by atoms with Gasteiger partial charge >= 0.3 is 0 Å². The van der Waals surface area contributed by atoms with E-state index in [1.165, 1.54) is 64.5 Å². The summed E-state index contributed by atoms with van der Waals surface area (Å²) in [7, 11) is 2.33. The topological polar surface area (TPSA) is 15.3 Å². The summed E-state index contributed by atoms with van der Waals surface area (Å²) in [5, 5.41) is 3.67. The molecule has 106 valence electrons. The number of hydrogen-bond donors (Lipinski definition) is 1. The van der Waals surface area contributed by atoms with Gasteiger partial charge < -0.3 is 10.2 Å². The summed E-state index contributed by atoms with van der Waals surface area (Å²) in [4.78, 5) is 2.59. The van der Waals surface area contributed by atoms with Crippen molar-refractivity contribution in [1.29, 1.82) is 0 Å². The lowest BCUT2D eigenvalue weighted by atomic mass is 9.99. The van der Waals surface area contributed by atoms with E-state index in [1.54, 1.807) is 0 Å². The molecule has 2 rings (SSSR count). The smallest absolute Gasteiger partial charge is 0.00956 e. The van der Waals surface area contributed by atoms with Gasteiger partial charge in [-0.3, -0.25) is 0 Å². The zero-order valence-corrected chi connectivity index (χ0v) is 12.5. The normalized spacial score (nSPS) is 29.5. The Hall–Kier alpha value is -0.0800. The lowest BCUT2D eigenvalue weighted by Crippen LogP contribution is -2.34. The minimum absolute atomic E-state index is 0.815. The SMILES string of the molecule is CCNC1CCCC1CCN(C)CC1CCCC1. The predicted molar refractivity (Wildman–Crippen MR) is 78.9 cm³/mol. The zero-order chi connectivity index (χ0) is 12.8. The van der Waals surface area contributed by atoms with E-state index in [2.05, 4.69) is 24.2 Å². The molecular formula is C16H32N2. The Labute approximate surface area is 114 Å². The fraction of sp³-hybridized carbons (Fsp3) is 1.00. The van der Waals surface area contributed by atoms with Crippen LogP contribution in [0.25, 0.3) is 0 Å². The van der Waals surface area contributed by atoms with Crippen molar-refractivity contribution in [3.63, 3.8) is 0 Å². The van der Waals surface area contributed by atoms with Gasteiger partial charge in [-0.1, -0.05) is 26.2 Å². The first-order chi connectivity index (χ1) is 8.79. The van der Waals surface area contributed by atoms with Crippen molar-refractivity contribution in [2.75, 3.05) is 26.7 Å². The molecule has 2 unspecified atom stereocenters. The van der Waals surface area contributed by atoms with Gasteiger partial charge in [-0.25, -0.2) is 0 Å². The highest BCUT2D eigenvalue weighted by Crippen LogP contribution is 2.29. The van der Waals surface area contributed by atoms with Crippen LogP contribution < -0.4 is 5.32 Å². The number of rotatable bonds is 7. The molecule has 0 saturated heterocycles. The maximum Gasteiger partial charge on any atom is 0.00956 e. The first-order valence-electron chi connectivity index (χ1n) is 8.21. The number of nitrogens with zero attached hydrogens (tertiary/aromatic N) is 1. The Bertz CT molecular complexity index is 223. The molecule has 0 heterocycles. The standard InChI is InChI=1S/C16H32N2/c1-3-17-16-10-6-9-15(16)11-12-18(2)13-14-7-4-5-8-14/h14-17H,3-13H2,1-2H3. The molecule has 2 aliphatic carbocycles. The minimum atomic E-state index is 0.815. The molecule has 0 radical (unpaired) electrons. The van der Waals surface area contributed by atoms with E-state index in [9.17, 15) is 0 Å². The molecular weight excluding hydrogens is 220 g/mol. The van der Waals surface area contributed by atoms with Crippen LogP contribution in [0.4, 0.5) is 0 Å². The second-order valence-electron chi connectivity index (χ2n) is 6.56. The fourth-order valence-electron chi connectivity index (χ4n) is 4.02. The summed E-state index contributed by atoms with van der Waals surface area (Å²) >= 11 is 0. The third kappa shape index (κ3) is 4.24. The average Bonchev–Trinajstić information content (AvgIpc) is 2.99. The largest absolute Gasteiger partial charge is 0.314 e. The second kappa shape index (κ2) is 7.49. The molecule has 0 bridgehead atoms. The molecule has 2 nitrogen and oxygen atoms in total. The van der Waals surface area contributed by atoms with E-state index in [4.69, 9.17) is 0 Å². The molecule has 1 N–H and O–H groups in total. The van der Waals surface area contributed by atoms with Gasteiger partial charge in [0, 0.05) is 12.6 Å². The molecule has 0 aromatic heterocycles. The first-order valence-corrected chi connectivity index (χ1v) is 8.21. The molecule has 2 aliphatic rings. The van der Waals surface area contributed by atoms with Gasteiger partial charge in [0.25, 0.3) is 0 Å². The van der Waals surface area contributed by atoms with Crippen LogP contribution in [0, 0.1) is 11.8 Å². The highest BCUT2D eigenvalue weighted by Gasteiger charge is 2.26. The van der Waals surface area contributed by atoms with Gasteiger partial charge in [0.05, 0.1) is 0 Å². The monoisotopic (exact) mass is 252 g/mol. The molecule has 18 heavy (non-hydrogen) atoms. The van der Waals surface area contributed by atoms with Crippen molar-refractivity contribution < 1.29 is 0 Å². The Balaban J connectivity index is 1.63. The van der Waals surface area contributed by atoms with E-state index in [0.717, 1.165) is 24.4 Å². The lowest BCUT2D eigenvalue weighted by molar-refractivity contribution is 0.247. The van der Waals surface area contributed by atoms with Gasteiger partial charge in [0.15, 0.2) is 0 Å². The Morgan fingerprint density at radius 2 is 1.83 bits per heavy atom. The van der Waals surface area contributed by atoms with Crippen LogP contribution in [0.3, 0.4) is 0 Å². The summed E-state index contributed by atoms with van der Waals surface area (Å²) in [6.07, 6.45) is 11.6. The average molecular weight is 252 g/mol. The third-order valence-corrected chi connectivity index (χ3v) is 5.05. The third-order valence-electron chi connectivity index (χ3n) is 5.05. The molecule has 0 aromatic rings. The van der Waals surface area contributed by atoms with Crippen molar-refractivity contribution in [3.8, 4) is 0 Å². The van der Waals surface area contributed by atoms with Crippen LogP contribution in [0.5, 0.6) is 0 Å². The van der Waals surface area contributed by atoms with Crippen LogP contribution in [-0.4, -0.2) is 37.6 Å². The minimum Gasteiger partial charge on any atom is -0.314 e. The molecule has 2 fully saturated rings. The molecule has 2 atom stereocenters. The quantitative estimate of drug-likeness (QED) is 0.748. The van der Waals surface area contributed by atoms with Gasteiger partial charge in [-0.05, 0) is 64.1 Å². The maximum absolute atomic E-state index is 3.67. The van der Waals surface area contributed by atoms with Crippen molar-refractivity contribution in [3.05, 3.63) is 0 Å². The van der Waals surface area contributed by atoms with Crippen molar-refractivity contribution in [2.45, 2.75) is 64.3 Å². The first kappa shape index (κ1) is 14.3. The van der Waals surface area contributed by atoms with E-state index in [0.29, 0.717) is 0 Å². The summed E-state index contributed by atoms with van der Waals surface area (Å²) in [5.41, 5.74) is 0. The Morgan fingerprint density at radius 3 is 2.56 bits per heavy atom. The Kier molecular flexibility index (Phi) is 5.97. The highest BCUT2D eigenvalue weighted by atomic mass is 15.1. The summed E-state index contributed by atoms with van der Waals surface area (Å²) < 4.78 is 0.